The standard InChI is InChI=1S/C15H21N2O6P/c1-10-7-17(14(19)16-13(10)18)12-6-5-11(23-12)8-21-24(20)22-9-15(2,3)4/h5-7,11-12H,8-9H2,1-4H3/p+1/t11-,12+/m0/s1. The number of hydrogen-bond donors (Lipinski definition) is 1. The summed E-state index contributed by atoms with van der Waals surface area (Å²) < 4.78 is 28.9. The third-order valence-corrected chi connectivity index (χ3v) is 3.87. The largest absolute Gasteiger partial charge is 0.697 e. The van der Waals surface area contributed by atoms with Gasteiger partial charge in [0, 0.05) is 16.3 Å². The van der Waals surface area contributed by atoms with Crippen molar-refractivity contribution in [1.82, 2.24) is 9.55 Å². The van der Waals surface area contributed by atoms with Crippen molar-refractivity contribution in [1.29, 1.82) is 0 Å². The Bertz CT molecular complexity index is 746. The van der Waals surface area contributed by atoms with Crippen molar-refractivity contribution in [2.24, 2.45) is 5.41 Å². The highest BCUT2D eigenvalue weighted by molar-refractivity contribution is 7.33. The van der Waals surface area contributed by atoms with Gasteiger partial charge in [-0.05, 0) is 18.4 Å². The summed E-state index contributed by atoms with van der Waals surface area (Å²) in [5.74, 6) is 0. The van der Waals surface area contributed by atoms with E-state index >= 15 is 0 Å². The van der Waals surface area contributed by atoms with E-state index in [2.05, 4.69) is 4.98 Å². The summed E-state index contributed by atoms with van der Waals surface area (Å²) in [4.78, 5) is 25.4. The van der Waals surface area contributed by atoms with Crippen LogP contribution in [0.15, 0.2) is 27.9 Å². The maximum atomic E-state index is 11.8. The van der Waals surface area contributed by atoms with Crippen molar-refractivity contribution in [3.63, 3.8) is 0 Å². The van der Waals surface area contributed by atoms with Gasteiger partial charge in [-0.3, -0.25) is 14.3 Å². The fourth-order valence-electron chi connectivity index (χ4n) is 1.94. The quantitative estimate of drug-likeness (QED) is 0.618. The lowest BCUT2D eigenvalue weighted by Crippen LogP contribution is -2.33. The predicted octanol–water partition coefficient (Wildman–Crippen LogP) is 2.04. The highest BCUT2D eigenvalue weighted by Gasteiger charge is 2.29. The monoisotopic (exact) mass is 357 g/mol. The van der Waals surface area contributed by atoms with Crippen LogP contribution in [-0.2, 0) is 18.3 Å². The topological polar surface area (TPSA) is 99.6 Å². The van der Waals surface area contributed by atoms with Gasteiger partial charge in [0.2, 0.25) is 0 Å². The Hall–Kier alpha value is -1.60. The van der Waals surface area contributed by atoms with E-state index in [4.69, 9.17) is 13.8 Å². The van der Waals surface area contributed by atoms with Crippen LogP contribution in [0.1, 0.15) is 32.6 Å². The smallest absolute Gasteiger partial charge is 0.344 e. The molecule has 2 heterocycles. The first kappa shape index (κ1) is 18.7. The maximum Gasteiger partial charge on any atom is 0.697 e. The van der Waals surface area contributed by atoms with E-state index in [9.17, 15) is 14.2 Å². The van der Waals surface area contributed by atoms with Gasteiger partial charge >= 0.3 is 13.9 Å². The minimum absolute atomic E-state index is 0.0451. The Morgan fingerprint density at radius 3 is 2.67 bits per heavy atom. The highest BCUT2D eigenvalue weighted by atomic mass is 31.1. The van der Waals surface area contributed by atoms with Crippen LogP contribution in [0.5, 0.6) is 0 Å². The molecule has 0 amide bonds. The summed E-state index contributed by atoms with van der Waals surface area (Å²) in [5.41, 5.74) is -0.676. The lowest BCUT2D eigenvalue weighted by molar-refractivity contribution is -0.00742. The molecule has 3 atom stereocenters. The van der Waals surface area contributed by atoms with Gasteiger partial charge in [-0.25, -0.2) is 4.79 Å². The molecule has 1 aromatic rings. The van der Waals surface area contributed by atoms with Crippen molar-refractivity contribution in [3.05, 3.63) is 44.8 Å². The molecule has 1 aromatic heterocycles. The zero-order chi connectivity index (χ0) is 17.9. The number of aryl methyl sites for hydroxylation is 1. The number of ether oxygens (including phenoxy) is 1. The highest BCUT2D eigenvalue weighted by Crippen LogP contribution is 2.29. The molecule has 0 aliphatic carbocycles. The van der Waals surface area contributed by atoms with Crippen molar-refractivity contribution in [3.8, 4) is 0 Å². The van der Waals surface area contributed by atoms with Gasteiger partial charge in [0.05, 0.1) is 0 Å². The summed E-state index contributed by atoms with van der Waals surface area (Å²) in [6, 6.07) is 0. The molecule has 9 heteroatoms. The van der Waals surface area contributed by atoms with Gasteiger partial charge in [-0.15, -0.1) is 9.05 Å². The Balaban J connectivity index is 1.87. The van der Waals surface area contributed by atoms with E-state index in [-0.39, 0.29) is 12.0 Å². The van der Waals surface area contributed by atoms with Crippen LogP contribution in [0.4, 0.5) is 0 Å². The summed E-state index contributed by atoms with van der Waals surface area (Å²) in [5, 5.41) is 0. The Morgan fingerprint density at radius 1 is 1.29 bits per heavy atom. The van der Waals surface area contributed by atoms with Gasteiger partial charge in [-0.1, -0.05) is 26.8 Å². The molecular weight excluding hydrogens is 335 g/mol. The first-order valence-electron chi connectivity index (χ1n) is 7.55. The van der Waals surface area contributed by atoms with Crippen LogP contribution in [0.25, 0.3) is 0 Å². The zero-order valence-electron chi connectivity index (χ0n) is 14.1. The SMILES string of the molecule is Cc1cn([C@H]2C=C[C@@H](CO[P+](=O)OCC(C)(C)C)O2)c(=O)[nH]c1=O. The average molecular weight is 357 g/mol. The molecule has 0 saturated carbocycles. The first-order valence-corrected chi connectivity index (χ1v) is 8.64. The summed E-state index contributed by atoms with van der Waals surface area (Å²) >= 11 is 0. The summed E-state index contributed by atoms with van der Waals surface area (Å²) in [7, 11) is -2.23. The van der Waals surface area contributed by atoms with Gasteiger partial charge in [0.25, 0.3) is 5.56 Å². The molecule has 1 aliphatic rings. The maximum absolute atomic E-state index is 11.8. The molecule has 132 valence electrons. The number of aromatic amines is 1. The number of H-pyrrole nitrogens is 1. The van der Waals surface area contributed by atoms with E-state index < -0.39 is 31.8 Å². The first-order chi connectivity index (χ1) is 11.2. The van der Waals surface area contributed by atoms with E-state index in [0.29, 0.717) is 12.2 Å². The molecule has 2 rings (SSSR count). The molecule has 0 bridgehead atoms. The second kappa shape index (κ2) is 7.53. The van der Waals surface area contributed by atoms with Crippen LogP contribution >= 0.6 is 8.25 Å². The number of nitrogens with zero attached hydrogens (tertiary/aromatic N) is 1. The van der Waals surface area contributed by atoms with E-state index in [1.165, 1.54) is 10.8 Å². The third kappa shape index (κ3) is 5.21. The number of aromatic nitrogens is 2. The second-order valence-electron chi connectivity index (χ2n) is 6.78. The van der Waals surface area contributed by atoms with E-state index in [0.717, 1.165) is 0 Å². The molecule has 1 N–H and O–H groups in total. The van der Waals surface area contributed by atoms with Crippen LogP contribution in [-0.4, -0.2) is 28.9 Å². The van der Waals surface area contributed by atoms with Crippen LogP contribution in [0.2, 0.25) is 0 Å². The molecule has 1 unspecified atom stereocenters. The minimum Gasteiger partial charge on any atom is -0.344 e. The predicted molar refractivity (Wildman–Crippen MR) is 88.1 cm³/mol. The van der Waals surface area contributed by atoms with Gasteiger partial charge in [0.1, 0.15) is 19.3 Å². The second-order valence-corrected chi connectivity index (χ2v) is 7.75. The fraction of sp³-hybridized carbons (Fsp3) is 0.600. The number of hydrogen-bond acceptors (Lipinski definition) is 6. The summed E-state index contributed by atoms with van der Waals surface area (Å²) in [6.45, 7) is 7.86. The van der Waals surface area contributed by atoms with Crippen LogP contribution < -0.4 is 11.2 Å². The van der Waals surface area contributed by atoms with E-state index in [1.807, 2.05) is 20.8 Å². The molecule has 0 fully saturated rings. The normalized spacial score (nSPS) is 21.2. The number of rotatable bonds is 6. The van der Waals surface area contributed by atoms with Crippen LogP contribution in [0, 0.1) is 12.3 Å². The zero-order valence-corrected chi connectivity index (χ0v) is 15.0. The Morgan fingerprint density at radius 2 is 2.00 bits per heavy atom. The fourth-order valence-corrected chi connectivity index (χ4v) is 2.77. The molecule has 8 nitrogen and oxygen atoms in total. The number of nitrogens with one attached hydrogen (secondary N) is 1. The van der Waals surface area contributed by atoms with Crippen LogP contribution in [0.3, 0.4) is 0 Å². The molecule has 1 aliphatic heterocycles. The summed E-state index contributed by atoms with van der Waals surface area (Å²) in [6.07, 6.45) is 3.73. The molecule has 0 aromatic carbocycles. The lowest BCUT2D eigenvalue weighted by atomic mass is 9.99. The van der Waals surface area contributed by atoms with Crippen molar-refractivity contribution in [2.75, 3.05) is 13.2 Å². The molecule has 24 heavy (non-hydrogen) atoms. The Labute approximate surface area is 140 Å². The lowest BCUT2D eigenvalue weighted by Gasteiger charge is -2.15. The van der Waals surface area contributed by atoms with Gasteiger partial charge < -0.3 is 4.74 Å². The van der Waals surface area contributed by atoms with E-state index in [1.54, 1.807) is 19.1 Å². The average Bonchev–Trinajstić information content (AvgIpc) is 2.94. The Kier molecular flexibility index (Phi) is 5.87. The minimum atomic E-state index is -2.23. The third-order valence-electron chi connectivity index (χ3n) is 3.17. The van der Waals surface area contributed by atoms with Crippen molar-refractivity contribution < 1.29 is 18.3 Å². The molecule has 0 radical (unpaired) electrons. The van der Waals surface area contributed by atoms with Crippen molar-refractivity contribution in [2.45, 2.75) is 40.0 Å². The van der Waals surface area contributed by atoms with Gasteiger partial charge in [-0.2, -0.15) is 0 Å². The molecule has 0 saturated heterocycles. The van der Waals surface area contributed by atoms with Crippen molar-refractivity contribution >= 4 is 8.25 Å². The molecule has 0 spiro atoms. The molecular formula is C15H22N2O6P+. The van der Waals surface area contributed by atoms with Gasteiger partial charge in [0.15, 0.2) is 6.23 Å².